The number of rotatable bonds is 38. The van der Waals surface area contributed by atoms with Crippen LogP contribution in [-0.4, -0.2) is 75.2 Å². The van der Waals surface area contributed by atoms with Gasteiger partial charge in [0.2, 0.25) is 0 Å². The van der Waals surface area contributed by atoms with Crippen LogP contribution in [0, 0.1) is 0 Å². The SMILES string of the molecule is CCCCCCCCCCCCCCCN(C)CCCOC(=O)c1cccc(C(=O)OCCCN(C)CCCCCCCCCCCCCCC)c1. The molecule has 1 aromatic carbocycles. The summed E-state index contributed by atoms with van der Waals surface area (Å²) in [6, 6.07) is 6.71. The molecule has 1 rings (SSSR count). The van der Waals surface area contributed by atoms with Gasteiger partial charge in [-0.1, -0.05) is 174 Å². The van der Waals surface area contributed by atoms with Gasteiger partial charge in [-0.05, 0) is 71.1 Å². The van der Waals surface area contributed by atoms with Gasteiger partial charge < -0.3 is 19.3 Å². The summed E-state index contributed by atoms with van der Waals surface area (Å²) in [6.45, 7) is 9.31. The summed E-state index contributed by atoms with van der Waals surface area (Å²) in [6.07, 6.45) is 37.3. The number of carbonyl (C=O) groups excluding carboxylic acids is 2. The van der Waals surface area contributed by atoms with E-state index in [0.717, 1.165) is 39.0 Å². The van der Waals surface area contributed by atoms with Crippen molar-refractivity contribution in [2.45, 2.75) is 194 Å². The number of benzene rings is 1. The molecule has 0 N–H and O–H groups in total. The zero-order valence-corrected chi connectivity index (χ0v) is 34.9. The quantitative estimate of drug-likeness (QED) is 0.0499. The summed E-state index contributed by atoms with van der Waals surface area (Å²) < 4.78 is 11.0. The largest absolute Gasteiger partial charge is 0.462 e. The van der Waals surface area contributed by atoms with Crippen molar-refractivity contribution in [3.8, 4) is 0 Å². The third-order valence-electron chi connectivity index (χ3n) is 10.5. The van der Waals surface area contributed by atoms with Crippen LogP contribution in [0.4, 0.5) is 0 Å². The number of hydrogen-bond donors (Lipinski definition) is 0. The van der Waals surface area contributed by atoms with Gasteiger partial charge in [-0.15, -0.1) is 0 Å². The predicted molar refractivity (Wildman–Crippen MR) is 223 cm³/mol. The van der Waals surface area contributed by atoms with Gasteiger partial charge in [0.1, 0.15) is 0 Å². The number of carbonyl (C=O) groups is 2. The molecule has 302 valence electrons. The second-order valence-electron chi connectivity index (χ2n) is 15.7. The average molecular weight is 729 g/mol. The van der Waals surface area contributed by atoms with Crippen molar-refractivity contribution < 1.29 is 19.1 Å². The number of unbranched alkanes of at least 4 members (excludes halogenated alkanes) is 24. The van der Waals surface area contributed by atoms with Crippen LogP contribution in [0.3, 0.4) is 0 Å². The summed E-state index contributed by atoms with van der Waals surface area (Å²) in [5.74, 6) is -0.771. The average Bonchev–Trinajstić information content (AvgIpc) is 3.15. The lowest BCUT2D eigenvalue weighted by molar-refractivity contribution is 0.0489. The first-order chi connectivity index (χ1) is 25.5. The molecule has 0 saturated heterocycles. The van der Waals surface area contributed by atoms with Crippen molar-refractivity contribution in [1.82, 2.24) is 9.80 Å². The van der Waals surface area contributed by atoms with E-state index in [1.165, 1.54) is 167 Å². The zero-order valence-electron chi connectivity index (χ0n) is 34.9. The Morgan fingerprint density at radius 3 is 1.00 bits per heavy atom. The van der Waals surface area contributed by atoms with Gasteiger partial charge in [0.15, 0.2) is 0 Å². The minimum absolute atomic E-state index is 0.378. The maximum absolute atomic E-state index is 12.6. The molecule has 0 spiro atoms. The van der Waals surface area contributed by atoms with Crippen LogP contribution in [0.1, 0.15) is 214 Å². The summed E-state index contributed by atoms with van der Waals surface area (Å²) in [5.41, 5.74) is 0.791. The third-order valence-corrected chi connectivity index (χ3v) is 10.5. The Hall–Kier alpha value is -1.92. The van der Waals surface area contributed by atoms with E-state index in [1.54, 1.807) is 24.3 Å². The predicted octanol–water partition coefficient (Wildman–Crippen LogP) is 12.8. The first kappa shape index (κ1) is 48.1. The molecule has 0 aliphatic carbocycles. The minimum atomic E-state index is -0.386. The molecule has 0 atom stereocenters. The molecule has 0 heterocycles. The van der Waals surface area contributed by atoms with E-state index < -0.39 is 0 Å². The number of ether oxygens (including phenoxy) is 2. The summed E-state index contributed by atoms with van der Waals surface area (Å²) >= 11 is 0. The van der Waals surface area contributed by atoms with Crippen LogP contribution in [-0.2, 0) is 9.47 Å². The van der Waals surface area contributed by atoms with Gasteiger partial charge in [-0.2, -0.15) is 0 Å². The van der Waals surface area contributed by atoms with Gasteiger partial charge in [-0.3, -0.25) is 0 Å². The van der Waals surface area contributed by atoms with Crippen molar-refractivity contribution in [1.29, 1.82) is 0 Å². The van der Waals surface area contributed by atoms with E-state index in [2.05, 4.69) is 37.7 Å². The molecule has 0 radical (unpaired) electrons. The Balaban J connectivity index is 2.03. The van der Waals surface area contributed by atoms with Crippen molar-refractivity contribution in [2.75, 3.05) is 53.5 Å². The highest BCUT2D eigenvalue weighted by atomic mass is 16.5. The first-order valence-corrected chi connectivity index (χ1v) is 22.3. The van der Waals surface area contributed by atoms with Gasteiger partial charge in [-0.25, -0.2) is 9.59 Å². The monoisotopic (exact) mass is 729 g/mol. The molecule has 0 bridgehead atoms. The molecule has 0 aromatic heterocycles. The number of nitrogens with zero attached hydrogens (tertiary/aromatic N) is 2. The highest BCUT2D eigenvalue weighted by molar-refractivity contribution is 5.95. The van der Waals surface area contributed by atoms with Crippen molar-refractivity contribution >= 4 is 11.9 Å². The van der Waals surface area contributed by atoms with Crippen molar-refractivity contribution in [2.24, 2.45) is 0 Å². The number of esters is 2. The molecule has 0 saturated carbocycles. The summed E-state index contributed by atoms with van der Waals surface area (Å²) in [7, 11) is 4.30. The Morgan fingerprint density at radius 2 is 0.692 bits per heavy atom. The first-order valence-electron chi connectivity index (χ1n) is 22.3. The van der Waals surface area contributed by atoms with Crippen molar-refractivity contribution in [3.05, 3.63) is 35.4 Å². The highest BCUT2D eigenvalue weighted by Crippen LogP contribution is 2.15. The maximum Gasteiger partial charge on any atom is 0.338 e. The van der Waals surface area contributed by atoms with E-state index in [-0.39, 0.29) is 11.9 Å². The van der Waals surface area contributed by atoms with Gasteiger partial charge in [0.05, 0.1) is 24.3 Å². The lowest BCUT2D eigenvalue weighted by atomic mass is 10.0. The second kappa shape index (κ2) is 36.1. The Morgan fingerprint density at radius 1 is 0.423 bits per heavy atom. The molecule has 0 amide bonds. The molecule has 52 heavy (non-hydrogen) atoms. The normalized spacial score (nSPS) is 11.5. The molecule has 0 unspecified atom stereocenters. The van der Waals surface area contributed by atoms with E-state index in [9.17, 15) is 9.59 Å². The Kier molecular flexibility index (Phi) is 33.4. The van der Waals surface area contributed by atoms with Crippen LogP contribution in [0.2, 0.25) is 0 Å². The second-order valence-corrected chi connectivity index (χ2v) is 15.7. The Labute approximate surface area is 322 Å². The molecular formula is C46H84N2O4. The summed E-state index contributed by atoms with van der Waals surface area (Å²) in [4.78, 5) is 30.0. The fourth-order valence-electron chi connectivity index (χ4n) is 6.96. The molecule has 6 heteroatoms. The van der Waals surface area contributed by atoms with E-state index >= 15 is 0 Å². The highest BCUT2D eigenvalue weighted by Gasteiger charge is 2.13. The topological polar surface area (TPSA) is 59.1 Å². The van der Waals surface area contributed by atoms with Crippen LogP contribution >= 0.6 is 0 Å². The fraction of sp³-hybridized carbons (Fsp3) is 0.826. The molecule has 6 nitrogen and oxygen atoms in total. The standard InChI is InChI=1S/C46H84N2O4/c1-5-7-9-11-13-15-17-19-21-23-25-27-29-36-47(3)38-32-40-51-45(49)43-34-31-35-44(42-43)46(50)52-41-33-39-48(4)37-30-28-26-24-22-20-18-16-14-12-10-8-6-2/h31,34-35,42H,5-30,32-33,36-41H2,1-4H3. The van der Waals surface area contributed by atoms with Crippen molar-refractivity contribution in [3.63, 3.8) is 0 Å². The van der Waals surface area contributed by atoms with Gasteiger partial charge in [0.25, 0.3) is 0 Å². The van der Waals surface area contributed by atoms with E-state index in [1.807, 2.05) is 0 Å². The van der Waals surface area contributed by atoms with Crippen LogP contribution in [0.25, 0.3) is 0 Å². The van der Waals surface area contributed by atoms with E-state index in [0.29, 0.717) is 24.3 Å². The smallest absolute Gasteiger partial charge is 0.338 e. The van der Waals surface area contributed by atoms with Gasteiger partial charge >= 0.3 is 11.9 Å². The molecular weight excluding hydrogens is 645 g/mol. The van der Waals surface area contributed by atoms with Crippen LogP contribution < -0.4 is 0 Å². The minimum Gasteiger partial charge on any atom is -0.462 e. The molecule has 1 aromatic rings. The maximum atomic E-state index is 12.6. The number of hydrogen-bond acceptors (Lipinski definition) is 6. The fourth-order valence-corrected chi connectivity index (χ4v) is 6.96. The van der Waals surface area contributed by atoms with Crippen LogP contribution in [0.15, 0.2) is 24.3 Å². The molecule has 0 fully saturated rings. The third kappa shape index (κ3) is 29.5. The lowest BCUT2D eigenvalue weighted by Gasteiger charge is -2.16. The summed E-state index contributed by atoms with van der Waals surface area (Å²) in [5, 5.41) is 0. The van der Waals surface area contributed by atoms with Crippen LogP contribution in [0.5, 0.6) is 0 Å². The molecule has 0 aliphatic rings. The lowest BCUT2D eigenvalue weighted by Crippen LogP contribution is -2.22. The van der Waals surface area contributed by atoms with Gasteiger partial charge in [0, 0.05) is 13.1 Å². The zero-order chi connectivity index (χ0) is 37.7. The molecule has 0 aliphatic heterocycles. The Bertz CT molecular complexity index is 883. The van der Waals surface area contributed by atoms with E-state index in [4.69, 9.17) is 9.47 Å².